The smallest absolute Gasteiger partial charge is 0.309 e. The molecule has 0 aliphatic rings. The lowest BCUT2D eigenvalue weighted by Gasteiger charge is -2.26. The van der Waals surface area contributed by atoms with Crippen molar-refractivity contribution in [2.45, 2.75) is 72.0 Å². The fourth-order valence-electron chi connectivity index (χ4n) is 3.60. The third kappa shape index (κ3) is 9.74. The number of para-hydroxylation sites is 1. The number of ketones is 1. The molecule has 0 fully saturated rings. The van der Waals surface area contributed by atoms with Crippen LogP contribution in [-0.4, -0.2) is 48.8 Å². The number of methoxy groups -OCH3 is 1. The van der Waals surface area contributed by atoms with Gasteiger partial charge in [-0.25, -0.2) is 4.98 Å². The number of esters is 2. The number of carbonyl (C=O) groups excluding carboxylic acids is 3. The number of benzene rings is 1. The van der Waals surface area contributed by atoms with Crippen molar-refractivity contribution in [3.8, 4) is 17.2 Å². The van der Waals surface area contributed by atoms with E-state index in [0.717, 1.165) is 19.3 Å². The SMILES string of the molecule is CCCCC[C@@H](OC(=O)[C@H](C)CC(=O)c1nccc(OC)c1OCOC(C)=O)[C@@H](C)Oc1ccccc1. The Morgan fingerprint density at radius 2 is 1.76 bits per heavy atom. The van der Waals surface area contributed by atoms with E-state index in [2.05, 4.69) is 11.9 Å². The van der Waals surface area contributed by atoms with Crippen molar-refractivity contribution in [1.29, 1.82) is 0 Å². The zero-order valence-corrected chi connectivity index (χ0v) is 22.2. The highest BCUT2D eigenvalue weighted by Gasteiger charge is 2.29. The molecular weight excluding hydrogens is 478 g/mol. The fraction of sp³-hybridized carbons (Fsp3) is 0.500. The number of pyridine rings is 1. The fourth-order valence-corrected chi connectivity index (χ4v) is 3.60. The monoisotopic (exact) mass is 515 g/mol. The zero-order valence-electron chi connectivity index (χ0n) is 22.2. The highest BCUT2D eigenvalue weighted by atomic mass is 16.7. The van der Waals surface area contributed by atoms with E-state index in [1.165, 1.54) is 26.3 Å². The van der Waals surface area contributed by atoms with Crippen molar-refractivity contribution >= 4 is 17.7 Å². The van der Waals surface area contributed by atoms with Crippen LogP contribution in [0.25, 0.3) is 0 Å². The van der Waals surface area contributed by atoms with Crippen LogP contribution in [0.2, 0.25) is 0 Å². The molecule has 202 valence electrons. The Balaban J connectivity index is 2.08. The van der Waals surface area contributed by atoms with Crippen LogP contribution < -0.4 is 14.2 Å². The van der Waals surface area contributed by atoms with E-state index in [1.54, 1.807) is 6.92 Å². The predicted molar refractivity (Wildman–Crippen MR) is 137 cm³/mol. The van der Waals surface area contributed by atoms with E-state index >= 15 is 0 Å². The molecule has 37 heavy (non-hydrogen) atoms. The largest absolute Gasteiger partial charge is 0.493 e. The first-order chi connectivity index (χ1) is 17.8. The summed E-state index contributed by atoms with van der Waals surface area (Å²) in [6.45, 7) is 6.44. The normalized spacial score (nSPS) is 13.1. The van der Waals surface area contributed by atoms with Crippen molar-refractivity contribution < 1.29 is 38.1 Å². The van der Waals surface area contributed by atoms with E-state index in [4.69, 9.17) is 23.7 Å². The van der Waals surface area contributed by atoms with Crippen molar-refractivity contribution in [3.05, 3.63) is 48.3 Å². The molecule has 0 unspecified atom stereocenters. The highest BCUT2D eigenvalue weighted by molar-refractivity contribution is 5.99. The van der Waals surface area contributed by atoms with Gasteiger partial charge in [-0.1, -0.05) is 44.9 Å². The van der Waals surface area contributed by atoms with E-state index < -0.39 is 36.5 Å². The maximum atomic E-state index is 13.1. The average molecular weight is 516 g/mol. The number of ether oxygens (including phenoxy) is 5. The van der Waals surface area contributed by atoms with Crippen molar-refractivity contribution in [2.75, 3.05) is 13.9 Å². The number of hydrogen-bond donors (Lipinski definition) is 0. The van der Waals surface area contributed by atoms with Crippen LogP contribution in [0, 0.1) is 5.92 Å². The molecular formula is C28H37NO8. The quantitative estimate of drug-likeness (QED) is 0.130. The molecule has 2 aromatic rings. The molecule has 1 aromatic heterocycles. The summed E-state index contributed by atoms with van der Waals surface area (Å²) >= 11 is 0. The van der Waals surface area contributed by atoms with Crippen LogP contribution in [0.15, 0.2) is 42.6 Å². The first-order valence-corrected chi connectivity index (χ1v) is 12.5. The topological polar surface area (TPSA) is 110 Å². The lowest BCUT2D eigenvalue weighted by atomic mass is 10.0. The Hall–Kier alpha value is -3.62. The molecule has 0 saturated heterocycles. The van der Waals surface area contributed by atoms with E-state index in [0.29, 0.717) is 12.2 Å². The number of unbranched alkanes of at least 4 members (excludes halogenated alkanes) is 2. The summed E-state index contributed by atoms with van der Waals surface area (Å²) in [4.78, 5) is 41.3. The van der Waals surface area contributed by atoms with Gasteiger partial charge in [0.15, 0.2) is 23.0 Å². The zero-order chi connectivity index (χ0) is 27.2. The van der Waals surface area contributed by atoms with Crippen LogP contribution in [0.4, 0.5) is 0 Å². The molecule has 3 atom stereocenters. The van der Waals surface area contributed by atoms with E-state index in [1.807, 2.05) is 37.3 Å². The highest BCUT2D eigenvalue weighted by Crippen LogP contribution is 2.31. The van der Waals surface area contributed by atoms with Crippen molar-refractivity contribution in [3.63, 3.8) is 0 Å². The summed E-state index contributed by atoms with van der Waals surface area (Å²) in [5.41, 5.74) is -0.0218. The molecule has 0 aliphatic carbocycles. The Labute approximate surface area is 218 Å². The van der Waals surface area contributed by atoms with Gasteiger partial charge in [0.05, 0.1) is 13.0 Å². The second-order valence-corrected chi connectivity index (χ2v) is 8.72. The van der Waals surface area contributed by atoms with Crippen LogP contribution in [-0.2, 0) is 19.1 Å². The third-order valence-corrected chi connectivity index (χ3v) is 5.66. The Bertz CT molecular complexity index is 1010. The molecule has 0 radical (unpaired) electrons. The summed E-state index contributed by atoms with van der Waals surface area (Å²) in [5.74, 6) is -1.21. The van der Waals surface area contributed by atoms with Gasteiger partial charge in [0, 0.05) is 25.6 Å². The van der Waals surface area contributed by atoms with Gasteiger partial charge in [-0.05, 0) is 31.9 Å². The maximum Gasteiger partial charge on any atom is 0.309 e. The van der Waals surface area contributed by atoms with Crippen molar-refractivity contribution in [2.24, 2.45) is 5.92 Å². The molecule has 0 saturated carbocycles. The molecule has 0 N–H and O–H groups in total. The Morgan fingerprint density at radius 3 is 2.41 bits per heavy atom. The van der Waals surface area contributed by atoms with Crippen LogP contribution in [0.1, 0.15) is 70.3 Å². The number of rotatable bonds is 16. The molecule has 0 spiro atoms. The first kappa shape index (κ1) is 29.6. The second kappa shape index (κ2) is 15.5. The number of aromatic nitrogens is 1. The second-order valence-electron chi connectivity index (χ2n) is 8.72. The van der Waals surface area contributed by atoms with Gasteiger partial charge in [0.1, 0.15) is 18.0 Å². The number of Topliss-reactive ketones (excluding diaryl/α,β-unsaturated/α-hetero) is 1. The lowest BCUT2D eigenvalue weighted by molar-refractivity contribution is -0.158. The lowest BCUT2D eigenvalue weighted by Crippen LogP contribution is -2.35. The summed E-state index contributed by atoms with van der Waals surface area (Å²) in [7, 11) is 1.42. The molecule has 2 rings (SSSR count). The number of nitrogens with zero attached hydrogens (tertiary/aromatic N) is 1. The van der Waals surface area contributed by atoms with Crippen LogP contribution in [0.3, 0.4) is 0 Å². The van der Waals surface area contributed by atoms with Gasteiger partial charge >= 0.3 is 11.9 Å². The average Bonchev–Trinajstić information content (AvgIpc) is 2.88. The van der Waals surface area contributed by atoms with Gasteiger partial charge in [-0.15, -0.1) is 0 Å². The molecule has 0 amide bonds. The van der Waals surface area contributed by atoms with Gasteiger partial charge in [0.2, 0.25) is 6.79 Å². The van der Waals surface area contributed by atoms with Gasteiger partial charge < -0.3 is 23.7 Å². The van der Waals surface area contributed by atoms with Gasteiger partial charge in [-0.2, -0.15) is 0 Å². The predicted octanol–water partition coefficient (Wildman–Crippen LogP) is 5.16. The van der Waals surface area contributed by atoms with Crippen molar-refractivity contribution in [1.82, 2.24) is 4.98 Å². The number of hydrogen-bond acceptors (Lipinski definition) is 9. The van der Waals surface area contributed by atoms with Gasteiger partial charge in [-0.3, -0.25) is 14.4 Å². The minimum atomic E-state index is -0.737. The van der Waals surface area contributed by atoms with Crippen LogP contribution >= 0.6 is 0 Å². The molecule has 9 heteroatoms. The number of carbonyl (C=O) groups is 3. The molecule has 1 aromatic carbocycles. The molecule has 1 heterocycles. The third-order valence-electron chi connectivity index (χ3n) is 5.66. The molecule has 0 bridgehead atoms. The Kier molecular flexibility index (Phi) is 12.4. The summed E-state index contributed by atoms with van der Waals surface area (Å²) in [5, 5.41) is 0. The van der Waals surface area contributed by atoms with E-state index in [9.17, 15) is 14.4 Å². The minimum Gasteiger partial charge on any atom is -0.493 e. The summed E-state index contributed by atoms with van der Waals surface area (Å²) < 4.78 is 27.4. The maximum absolute atomic E-state index is 13.1. The first-order valence-electron chi connectivity index (χ1n) is 12.5. The molecule has 9 nitrogen and oxygen atoms in total. The van der Waals surface area contributed by atoms with Gasteiger partial charge in [0.25, 0.3) is 0 Å². The summed E-state index contributed by atoms with van der Waals surface area (Å²) in [6, 6.07) is 10.9. The Morgan fingerprint density at radius 1 is 1.03 bits per heavy atom. The summed E-state index contributed by atoms with van der Waals surface area (Å²) in [6.07, 6.45) is 4.01. The minimum absolute atomic E-state index is 0.0218. The van der Waals surface area contributed by atoms with E-state index in [-0.39, 0.29) is 29.7 Å². The van der Waals surface area contributed by atoms with Crippen LogP contribution in [0.5, 0.6) is 17.2 Å². The standard InChI is InChI=1S/C28H37NO8/c1-6-7-9-14-24(20(3)36-22-12-10-8-11-13-22)37-28(32)19(2)17-23(31)26-27(35-18-34-21(4)30)25(33-5)15-16-29-26/h8,10-13,15-16,19-20,24H,6-7,9,14,17-18H2,1-5H3/t19-,20-,24-/m1/s1. The molecule has 0 aliphatic heterocycles.